The normalized spacial score (nSPS) is 16.8. The van der Waals surface area contributed by atoms with Gasteiger partial charge < -0.3 is 10.2 Å². The van der Waals surface area contributed by atoms with Crippen molar-refractivity contribution < 1.29 is 9.18 Å². The second-order valence-corrected chi connectivity index (χ2v) is 11.3. The average Bonchev–Trinajstić information content (AvgIpc) is 3.54. The third kappa shape index (κ3) is 5.24. The Kier molecular flexibility index (Phi) is 6.87. The SMILES string of the molecule is O=C(CCCCN1CCCCC1)c1ccc2c(c1)sc1nc(-c3ccc(CNC4CC4)cc3F)cn12. The van der Waals surface area contributed by atoms with Crippen LogP contribution in [-0.4, -0.2) is 45.7 Å². The molecule has 6 rings (SSSR count). The number of ketones is 1. The molecule has 7 heteroatoms. The van der Waals surface area contributed by atoms with Gasteiger partial charge in [-0.3, -0.25) is 9.20 Å². The summed E-state index contributed by atoms with van der Waals surface area (Å²) in [7, 11) is 0. The van der Waals surface area contributed by atoms with Gasteiger partial charge in [-0.25, -0.2) is 9.37 Å². The van der Waals surface area contributed by atoms with Crippen LogP contribution in [-0.2, 0) is 6.54 Å². The fraction of sp³-hybridized carbons (Fsp3) is 0.448. The van der Waals surface area contributed by atoms with E-state index < -0.39 is 0 Å². The van der Waals surface area contributed by atoms with E-state index in [1.165, 1.54) is 45.2 Å². The van der Waals surface area contributed by atoms with Gasteiger partial charge in [0.25, 0.3) is 0 Å². The van der Waals surface area contributed by atoms with Crippen LogP contribution < -0.4 is 5.32 Å². The van der Waals surface area contributed by atoms with E-state index in [1.54, 1.807) is 17.4 Å². The van der Waals surface area contributed by atoms with Crippen LogP contribution in [0.15, 0.2) is 42.6 Å². The maximum absolute atomic E-state index is 14.9. The minimum Gasteiger partial charge on any atom is -0.310 e. The first-order chi connectivity index (χ1) is 17.6. The minimum atomic E-state index is -0.242. The summed E-state index contributed by atoms with van der Waals surface area (Å²) in [5.74, 6) is -0.0334. The molecule has 36 heavy (non-hydrogen) atoms. The number of rotatable bonds is 10. The lowest BCUT2D eigenvalue weighted by Crippen LogP contribution is -2.30. The second-order valence-electron chi connectivity index (χ2n) is 10.3. The number of benzene rings is 2. The minimum absolute atomic E-state index is 0.209. The number of imidazole rings is 1. The zero-order valence-corrected chi connectivity index (χ0v) is 21.5. The zero-order chi connectivity index (χ0) is 24.5. The number of halogens is 1. The maximum Gasteiger partial charge on any atom is 0.195 e. The van der Waals surface area contributed by atoms with Gasteiger partial charge >= 0.3 is 0 Å². The Morgan fingerprint density at radius 3 is 2.75 bits per heavy atom. The smallest absolute Gasteiger partial charge is 0.195 e. The van der Waals surface area contributed by atoms with Crippen molar-refractivity contribution in [2.45, 2.75) is 64.0 Å². The molecule has 1 aliphatic carbocycles. The van der Waals surface area contributed by atoms with Crippen molar-refractivity contribution in [2.24, 2.45) is 0 Å². The van der Waals surface area contributed by atoms with Gasteiger partial charge in [0, 0.05) is 36.3 Å². The highest BCUT2D eigenvalue weighted by Crippen LogP contribution is 2.32. The van der Waals surface area contributed by atoms with Crippen molar-refractivity contribution in [2.75, 3.05) is 19.6 Å². The van der Waals surface area contributed by atoms with Crippen molar-refractivity contribution >= 4 is 32.3 Å². The largest absolute Gasteiger partial charge is 0.310 e. The molecular formula is C29H33FN4OS. The number of aromatic nitrogens is 2. The molecule has 1 aliphatic heterocycles. The van der Waals surface area contributed by atoms with Gasteiger partial charge in [0.2, 0.25) is 0 Å². The summed E-state index contributed by atoms with van der Waals surface area (Å²) < 4.78 is 17.9. The topological polar surface area (TPSA) is 49.6 Å². The molecule has 2 aromatic carbocycles. The van der Waals surface area contributed by atoms with E-state index in [0.29, 0.717) is 30.3 Å². The molecule has 0 radical (unpaired) electrons. The second kappa shape index (κ2) is 10.4. The zero-order valence-electron chi connectivity index (χ0n) is 20.6. The number of piperidine rings is 1. The molecule has 1 saturated carbocycles. The monoisotopic (exact) mass is 504 g/mol. The highest BCUT2D eigenvalue weighted by molar-refractivity contribution is 7.23. The average molecular weight is 505 g/mol. The molecular weight excluding hydrogens is 471 g/mol. The third-order valence-electron chi connectivity index (χ3n) is 7.47. The quantitative estimate of drug-likeness (QED) is 0.199. The van der Waals surface area contributed by atoms with Gasteiger partial charge in [-0.2, -0.15) is 0 Å². The summed E-state index contributed by atoms with van der Waals surface area (Å²) in [5, 5.41) is 3.43. The lowest BCUT2D eigenvalue weighted by Gasteiger charge is -2.26. The predicted octanol–water partition coefficient (Wildman–Crippen LogP) is 6.45. The van der Waals surface area contributed by atoms with E-state index in [0.717, 1.165) is 45.7 Å². The number of likely N-dealkylation sites (tertiary alicyclic amines) is 1. The van der Waals surface area contributed by atoms with E-state index in [2.05, 4.69) is 10.2 Å². The summed E-state index contributed by atoms with van der Waals surface area (Å²) >= 11 is 1.54. The number of carbonyl (C=O) groups is 1. The van der Waals surface area contributed by atoms with Gasteiger partial charge in [-0.15, -0.1) is 0 Å². The number of fused-ring (bicyclic) bond motifs is 3. The fourth-order valence-electron chi connectivity index (χ4n) is 5.18. The molecule has 2 aromatic heterocycles. The van der Waals surface area contributed by atoms with E-state index in [9.17, 15) is 9.18 Å². The van der Waals surface area contributed by atoms with Gasteiger partial charge in [0.15, 0.2) is 10.7 Å². The number of hydrogen-bond donors (Lipinski definition) is 1. The molecule has 1 saturated heterocycles. The van der Waals surface area contributed by atoms with E-state index in [4.69, 9.17) is 4.98 Å². The highest BCUT2D eigenvalue weighted by Gasteiger charge is 2.20. The van der Waals surface area contributed by atoms with Crippen LogP contribution in [0.25, 0.3) is 26.4 Å². The molecule has 0 bridgehead atoms. The molecule has 0 spiro atoms. The lowest BCUT2D eigenvalue weighted by atomic mass is 10.0. The Hall–Kier alpha value is -2.61. The lowest BCUT2D eigenvalue weighted by molar-refractivity contribution is 0.0977. The van der Waals surface area contributed by atoms with Crippen molar-refractivity contribution in [3.63, 3.8) is 0 Å². The van der Waals surface area contributed by atoms with Crippen LogP contribution in [0.1, 0.15) is 67.3 Å². The molecule has 5 nitrogen and oxygen atoms in total. The van der Waals surface area contributed by atoms with Crippen LogP contribution in [0.2, 0.25) is 0 Å². The summed E-state index contributed by atoms with van der Waals surface area (Å²) in [6.07, 6.45) is 10.9. The number of Topliss-reactive ketones (excluding diaryl/α,β-unsaturated/α-hetero) is 1. The first-order valence-electron chi connectivity index (χ1n) is 13.3. The number of unbranched alkanes of at least 4 members (excludes halogenated alkanes) is 1. The summed E-state index contributed by atoms with van der Waals surface area (Å²) in [6, 6.07) is 11.9. The van der Waals surface area contributed by atoms with Gasteiger partial charge in [0.05, 0.1) is 15.9 Å². The highest BCUT2D eigenvalue weighted by atomic mass is 32.1. The third-order valence-corrected chi connectivity index (χ3v) is 8.49. The van der Waals surface area contributed by atoms with Crippen LogP contribution in [0.4, 0.5) is 4.39 Å². The fourth-order valence-corrected chi connectivity index (χ4v) is 6.23. The molecule has 0 amide bonds. The maximum atomic E-state index is 14.9. The molecule has 2 fully saturated rings. The van der Waals surface area contributed by atoms with Gasteiger partial charge in [-0.05, 0) is 94.1 Å². The van der Waals surface area contributed by atoms with Crippen LogP contribution in [0.3, 0.4) is 0 Å². The van der Waals surface area contributed by atoms with Gasteiger partial charge in [-0.1, -0.05) is 23.8 Å². The van der Waals surface area contributed by atoms with Crippen LogP contribution in [0, 0.1) is 5.82 Å². The van der Waals surface area contributed by atoms with Crippen molar-refractivity contribution in [3.05, 3.63) is 59.5 Å². The number of hydrogen-bond acceptors (Lipinski definition) is 5. The Bertz CT molecular complexity index is 1380. The Labute approximate surface area is 215 Å². The van der Waals surface area contributed by atoms with Crippen LogP contribution in [0.5, 0.6) is 0 Å². The van der Waals surface area contributed by atoms with Crippen molar-refractivity contribution in [1.82, 2.24) is 19.6 Å². The number of carbonyl (C=O) groups excluding carboxylic acids is 1. The predicted molar refractivity (Wildman–Crippen MR) is 144 cm³/mol. The van der Waals surface area contributed by atoms with Gasteiger partial charge in [0.1, 0.15) is 5.82 Å². The molecule has 1 N–H and O–H groups in total. The standard InChI is InChI=1S/C29H33FN4OS/c30-24-16-20(18-31-22-9-10-22)7-11-23(24)25-19-34-26-12-8-21(17-28(26)36-29(34)32-25)27(35)6-2-5-15-33-13-3-1-4-14-33/h7-8,11-12,16-17,19,22,31H,1-6,9-10,13-15,18H2. The molecule has 0 atom stereocenters. The molecule has 3 heterocycles. The van der Waals surface area contributed by atoms with E-state index in [-0.39, 0.29) is 11.6 Å². The molecule has 0 unspecified atom stereocenters. The van der Waals surface area contributed by atoms with E-state index in [1.807, 2.05) is 40.9 Å². The summed E-state index contributed by atoms with van der Waals surface area (Å²) in [6.45, 7) is 4.23. The van der Waals surface area contributed by atoms with Crippen LogP contribution >= 0.6 is 11.3 Å². The molecule has 188 valence electrons. The Morgan fingerprint density at radius 1 is 1.08 bits per heavy atom. The van der Waals surface area contributed by atoms with E-state index >= 15 is 0 Å². The Morgan fingerprint density at radius 2 is 1.94 bits per heavy atom. The first kappa shape index (κ1) is 23.8. The number of thiazole rings is 1. The number of nitrogens with one attached hydrogen (secondary N) is 1. The van der Waals surface area contributed by atoms with Crippen molar-refractivity contribution in [1.29, 1.82) is 0 Å². The van der Waals surface area contributed by atoms with Crippen molar-refractivity contribution in [3.8, 4) is 11.3 Å². The molecule has 4 aromatic rings. The summed E-state index contributed by atoms with van der Waals surface area (Å²) in [4.78, 5) is 20.9. The number of nitrogens with zero attached hydrogens (tertiary/aromatic N) is 3. The Balaban J connectivity index is 1.12. The summed E-state index contributed by atoms with van der Waals surface area (Å²) in [5.41, 5.74) is 3.88. The first-order valence-corrected chi connectivity index (χ1v) is 14.1. The molecule has 2 aliphatic rings.